The summed E-state index contributed by atoms with van der Waals surface area (Å²) < 4.78 is 5.55. The van der Waals surface area contributed by atoms with E-state index < -0.39 is 0 Å². The van der Waals surface area contributed by atoms with E-state index in [0.717, 1.165) is 24.4 Å². The predicted molar refractivity (Wildman–Crippen MR) is 69.3 cm³/mol. The van der Waals surface area contributed by atoms with Gasteiger partial charge in [0.25, 0.3) is 0 Å². The second-order valence-corrected chi connectivity index (χ2v) is 5.43. The zero-order valence-electron chi connectivity index (χ0n) is 10.5. The van der Waals surface area contributed by atoms with Crippen LogP contribution >= 0.6 is 0 Å². The molecule has 0 radical (unpaired) electrons. The molecule has 18 heavy (non-hydrogen) atoms. The molecule has 92 valence electrons. The van der Waals surface area contributed by atoms with Gasteiger partial charge in [-0.15, -0.1) is 0 Å². The van der Waals surface area contributed by atoms with Crippen molar-refractivity contribution in [1.82, 2.24) is 10.5 Å². The highest BCUT2D eigenvalue weighted by molar-refractivity contribution is 5.73. The van der Waals surface area contributed by atoms with Gasteiger partial charge in [-0.25, -0.2) is 0 Å². The summed E-state index contributed by atoms with van der Waals surface area (Å²) in [5.41, 5.74) is 6.24. The SMILES string of the molecule is Cc1ccc2c(c1)-c1onc(CNC3CC3)c1C2. The number of hydrogen-bond acceptors (Lipinski definition) is 3. The van der Waals surface area contributed by atoms with E-state index in [1.54, 1.807) is 0 Å². The molecule has 0 bridgehead atoms. The normalized spacial score (nSPS) is 16.7. The van der Waals surface area contributed by atoms with Crippen molar-refractivity contribution in [2.45, 2.75) is 38.8 Å². The van der Waals surface area contributed by atoms with Gasteiger partial charge in [-0.2, -0.15) is 0 Å². The molecule has 0 atom stereocenters. The van der Waals surface area contributed by atoms with Crippen molar-refractivity contribution < 1.29 is 4.52 Å². The van der Waals surface area contributed by atoms with Crippen molar-refractivity contribution in [3.63, 3.8) is 0 Å². The molecule has 0 spiro atoms. The van der Waals surface area contributed by atoms with Crippen LogP contribution in [0, 0.1) is 6.92 Å². The van der Waals surface area contributed by atoms with Crippen molar-refractivity contribution >= 4 is 0 Å². The molecule has 1 N–H and O–H groups in total. The van der Waals surface area contributed by atoms with Crippen LogP contribution in [-0.2, 0) is 13.0 Å². The van der Waals surface area contributed by atoms with Gasteiger partial charge in [-0.1, -0.05) is 22.9 Å². The van der Waals surface area contributed by atoms with Crippen LogP contribution in [0.25, 0.3) is 11.3 Å². The first-order valence-corrected chi connectivity index (χ1v) is 6.62. The fourth-order valence-corrected chi connectivity index (χ4v) is 2.65. The molecule has 3 nitrogen and oxygen atoms in total. The number of nitrogens with zero attached hydrogens (tertiary/aromatic N) is 1. The summed E-state index contributed by atoms with van der Waals surface area (Å²) >= 11 is 0. The molecule has 1 saturated carbocycles. The van der Waals surface area contributed by atoms with E-state index in [0.29, 0.717) is 6.04 Å². The highest BCUT2D eigenvalue weighted by Crippen LogP contribution is 2.38. The van der Waals surface area contributed by atoms with E-state index in [1.807, 2.05) is 0 Å². The van der Waals surface area contributed by atoms with Crippen LogP contribution in [0.2, 0.25) is 0 Å². The summed E-state index contributed by atoms with van der Waals surface area (Å²) in [7, 11) is 0. The Balaban J connectivity index is 1.67. The van der Waals surface area contributed by atoms with Gasteiger partial charge in [0.1, 0.15) is 5.69 Å². The Labute approximate surface area is 106 Å². The fraction of sp³-hybridized carbons (Fsp3) is 0.400. The third-order valence-corrected chi connectivity index (χ3v) is 3.88. The first-order chi connectivity index (χ1) is 8.81. The van der Waals surface area contributed by atoms with Gasteiger partial charge < -0.3 is 9.84 Å². The lowest BCUT2D eigenvalue weighted by Crippen LogP contribution is -2.16. The Morgan fingerprint density at radius 2 is 2.28 bits per heavy atom. The molecule has 0 amide bonds. The number of hydrogen-bond donors (Lipinski definition) is 1. The molecule has 2 aromatic rings. The maximum absolute atomic E-state index is 5.55. The molecular formula is C15H16N2O. The first-order valence-electron chi connectivity index (χ1n) is 6.62. The standard InChI is InChI=1S/C15H16N2O/c1-9-2-3-10-7-13-14(8-16-11-4-5-11)17-18-15(13)12(10)6-9/h2-3,6,11,16H,4-5,7-8H2,1H3. The molecule has 0 unspecified atom stereocenters. The van der Waals surface area contributed by atoms with Crippen molar-refractivity contribution in [3.05, 3.63) is 40.6 Å². The van der Waals surface area contributed by atoms with Gasteiger partial charge in [0.15, 0.2) is 5.76 Å². The predicted octanol–water partition coefficient (Wildman–Crippen LogP) is 2.81. The molecule has 2 aliphatic rings. The summed E-state index contributed by atoms with van der Waals surface area (Å²) in [5, 5.41) is 7.73. The molecule has 1 fully saturated rings. The van der Waals surface area contributed by atoms with Gasteiger partial charge in [-0.05, 0) is 31.4 Å². The minimum atomic E-state index is 0.711. The van der Waals surface area contributed by atoms with Crippen LogP contribution in [0.5, 0.6) is 0 Å². The number of nitrogens with one attached hydrogen (secondary N) is 1. The minimum absolute atomic E-state index is 0.711. The van der Waals surface area contributed by atoms with Gasteiger partial charge in [0, 0.05) is 30.1 Å². The molecule has 2 aliphatic carbocycles. The molecule has 1 aromatic carbocycles. The fourth-order valence-electron chi connectivity index (χ4n) is 2.65. The molecule has 1 heterocycles. The van der Waals surface area contributed by atoms with E-state index in [2.05, 4.69) is 35.6 Å². The number of aromatic nitrogens is 1. The minimum Gasteiger partial charge on any atom is -0.356 e. The van der Waals surface area contributed by atoms with E-state index in [1.165, 1.54) is 35.1 Å². The van der Waals surface area contributed by atoms with Crippen LogP contribution in [-0.4, -0.2) is 11.2 Å². The molecule has 1 aromatic heterocycles. The van der Waals surface area contributed by atoms with E-state index in [-0.39, 0.29) is 0 Å². The lowest BCUT2D eigenvalue weighted by Gasteiger charge is -2.00. The summed E-state index contributed by atoms with van der Waals surface area (Å²) in [6.07, 6.45) is 3.58. The van der Waals surface area contributed by atoms with Gasteiger partial charge in [0.2, 0.25) is 0 Å². The summed E-state index contributed by atoms with van der Waals surface area (Å²) in [6.45, 7) is 2.96. The van der Waals surface area contributed by atoms with Crippen LogP contribution in [0.1, 0.15) is 35.2 Å². The first kappa shape index (κ1) is 10.3. The number of fused-ring (bicyclic) bond motifs is 3. The average molecular weight is 240 g/mol. The van der Waals surface area contributed by atoms with Gasteiger partial charge >= 0.3 is 0 Å². The van der Waals surface area contributed by atoms with Crippen LogP contribution < -0.4 is 5.32 Å². The molecule has 0 aliphatic heterocycles. The quantitative estimate of drug-likeness (QED) is 0.765. The van der Waals surface area contributed by atoms with E-state index >= 15 is 0 Å². The third kappa shape index (κ3) is 1.58. The highest BCUT2D eigenvalue weighted by Gasteiger charge is 2.28. The Morgan fingerprint density at radius 3 is 3.11 bits per heavy atom. The maximum Gasteiger partial charge on any atom is 0.170 e. The molecule has 0 saturated heterocycles. The molecule has 4 rings (SSSR count). The van der Waals surface area contributed by atoms with Gasteiger partial charge in [0.05, 0.1) is 0 Å². The summed E-state index contributed by atoms with van der Waals surface area (Å²) in [5.74, 6) is 0.987. The molecular weight excluding hydrogens is 224 g/mol. The van der Waals surface area contributed by atoms with Gasteiger partial charge in [-0.3, -0.25) is 0 Å². The Hall–Kier alpha value is -1.61. The summed E-state index contributed by atoms with van der Waals surface area (Å²) in [6, 6.07) is 7.28. The Bertz CT molecular complexity index is 611. The van der Waals surface area contributed by atoms with Crippen molar-refractivity contribution in [1.29, 1.82) is 0 Å². The topological polar surface area (TPSA) is 38.1 Å². The van der Waals surface area contributed by atoms with Crippen LogP contribution in [0.3, 0.4) is 0 Å². The number of rotatable bonds is 3. The van der Waals surface area contributed by atoms with Crippen molar-refractivity contribution in [3.8, 4) is 11.3 Å². The van der Waals surface area contributed by atoms with E-state index in [9.17, 15) is 0 Å². The third-order valence-electron chi connectivity index (χ3n) is 3.88. The number of benzene rings is 1. The zero-order chi connectivity index (χ0) is 12.1. The second kappa shape index (κ2) is 3.69. The van der Waals surface area contributed by atoms with Crippen molar-refractivity contribution in [2.24, 2.45) is 0 Å². The van der Waals surface area contributed by atoms with Crippen LogP contribution in [0.4, 0.5) is 0 Å². The van der Waals surface area contributed by atoms with E-state index in [4.69, 9.17) is 4.52 Å². The Morgan fingerprint density at radius 1 is 1.39 bits per heavy atom. The highest BCUT2D eigenvalue weighted by atomic mass is 16.5. The largest absolute Gasteiger partial charge is 0.356 e. The average Bonchev–Trinajstić information content (AvgIpc) is 3.00. The summed E-state index contributed by atoms with van der Waals surface area (Å²) in [4.78, 5) is 0. The monoisotopic (exact) mass is 240 g/mol. The Kier molecular flexibility index (Phi) is 2.12. The zero-order valence-corrected chi connectivity index (χ0v) is 10.5. The number of aryl methyl sites for hydroxylation is 1. The second-order valence-electron chi connectivity index (χ2n) is 5.43. The lowest BCUT2D eigenvalue weighted by molar-refractivity contribution is 0.420. The maximum atomic E-state index is 5.55. The van der Waals surface area contributed by atoms with Crippen molar-refractivity contribution in [2.75, 3.05) is 0 Å². The molecule has 3 heteroatoms. The lowest BCUT2D eigenvalue weighted by atomic mass is 10.1. The smallest absolute Gasteiger partial charge is 0.170 e. The van der Waals surface area contributed by atoms with Crippen LogP contribution in [0.15, 0.2) is 22.7 Å².